The van der Waals surface area contributed by atoms with Gasteiger partial charge in [-0.25, -0.2) is 14.5 Å². The highest BCUT2D eigenvalue weighted by atomic mass is 32.1. The van der Waals surface area contributed by atoms with Crippen LogP contribution in [0.2, 0.25) is 0 Å². The van der Waals surface area contributed by atoms with Gasteiger partial charge in [0.1, 0.15) is 16.4 Å². The number of amides is 2. The molecule has 10 heteroatoms. The highest BCUT2D eigenvalue weighted by Crippen LogP contribution is 2.34. The van der Waals surface area contributed by atoms with Gasteiger partial charge in [-0.1, -0.05) is 12.1 Å². The van der Waals surface area contributed by atoms with Gasteiger partial charge in [-0.3, -0.25) is 10.1 Å². The molecule has 32 heavy (non-hydrogen) atoms. The first-order valence-corrected chi connectivity index (χ1v) is 11.2. The molecule has 3 aromatic rings. The molecule has 0 fully saturated rings. The van der Waals surface area contributed by atoms with Gasteiger partial charge in [0, 0.05) is 36.3 Å². The molecule has 0 atom stereocenters. The van der Waals surface area contributed by atoms with E-state index in [0.717, 1.165) is 40.9 Å². The molecule has 0 radical (unpaired) electrons. The SMILES string of the molecule is CNC(=O)Nc1cc2n(n1)CCN2c1cccc(-c2csc(CC(=O)OC(C)(C)C)n2)c1. The molecule has 2 aromatic heterocycles. The van der Waals surface area contributed by atoms with E-state index in [1.54, 1.807) is 7.05 Å². The summed E-state index contributed by atoms with van der Waals surface area (Å²) >= 11 is 1.45. The van der Waals surface area contributed by atoms with E-state index in [2.05, 4.69) is 31.7 Å². The lowest BCUT2D eigenvalue weighted by Gasteiger charge is -2.18. The average molecular weight is 455 g/mol. The highest BCUT2D eigenvalue weighted by molar-refractivity contribution is 7.10. The zero-order chi connectivity index (χ0) is 22.9. The third-order valence-electron chi connectivity index (χ3n) is 4.76. The van der Waals surface area contributed by atoms with Crippen LogP contribution < -0.4 is 15.5 Å². The molecular formula is C22H26N6O3S. The normalized spacial score (nSPS) is 13.1. The van der Waals surface area contributed by atoms with Crippen molar-refractivity contribution in [2.24, 2.45) is 0 Å². The summed E-state index contributed by atoms with van der Waals surface area (Å²) in [5.41, 5.74) is 2.29. The van der Waals surface area contributed by atoms with Crippen LogP contribution in [-0.4, -0.2) is 46.0 Å². The molecule has 0 bridgehead atoms. The average Bonchev–Trinajstić information content (AvgIpc) is 3.42. The van der Waals surface area contributed by atoms with Crippen molar-refractivity contribution in [2.75, 3.05) is 23.8 Å². The second kappa shape index (κ2) is 8.62. The smallest absolute Gasteiger partial charge is 0.320 e. The largest absolute Gasteiger partial charge is 0.460 e. The van der Waals surface area contributed by atoms with Gasteiger partial charge in [0.15, 0.2) is 5.82 Å². The number of carbonyl (C=O) groups excluding carboxylic acids is 2. The fraction of sp³-hybridized carbons (Fsp3) is 0.364. The summed E-state index contributed by atoms with van der Waals surface area (Å²) in [7, 11) is 1.56. The van der Waals surface area contributed by atoms with Crippen molar-refractivity contribution in [1.82, 2.24) is 20.1 Å². The van der Waals surface area contributed by atoms with Crippen molar-refractivity contribution in [1.29, 1.82) is 0 Å². The van der Waals surface area contributed by atoms with Crippen LogP contribution in [0.1, 0.15) is 25.8 Å². The number of nitrogens with one attached hydrogen (secondary N) is 2. The summed E-state index contributed by atoms with van der Waals surface area (Å²) in [5.74, 6) is 1.14. The molecule has 1 aliphatic rings. The fourth-order valence-corrected chi connectivity index (χ4v) is 4.25. The summed E-state index contributed by atoms with van der Waals surface area (Å²) in [6, 6.07) is 9.65. The van der Waals surface area contributed by atoms with Crippen LogP contribution in [0.15, 0.2) is 35.7 Å². The Morgan fingerprint density at radius 3 is 2.78 bits per heavy atom. The van der Waals surface area contributed by atoms with E-state index in [9.17, 15) is 9.59 Å². The Hall–Kier alpha value is -3.40. The monoisotopic (exact) mass is 454 g/mol. The maximum Gasteiger partial charge on any atom is 0.320 e. The Kier molecular flexibility index (Phi) is 5.88. The number of hydrogen-bond donors (Lipinski definition) is 2. The zero-order valence-corrected chi connectivity index (χ0v) is 19.3. The number of thiazole rings is 1. The molecule has 0 spiro atoms. The fourth-order valence-electron chi connectivity index (χ4n) is 3.46. The van der Waals surface area contributed by atoms with E-state index >= 15 is 0 Å². The van der Waals surface area contributed by atoms with Gasteiger partial charge in [-0.05, 0) is 32.9 Å². The summed E-state index contributed by atoms with van der Waals surface area (Å²) in [5, 5.41) is 12.4. The molecule has 0 unspecified atom stereocenters. The molecule has 3 heterocycles. The van der Waals surface area contributed by atoms with Crippen molar-refractivity contribution in [3.05, 3.63) is 40.7 Å². The molecule has 1 aliphatic heterocycles. The van der Waals surface area contributed by atoms with E-state index in [0.29, 0.717) is 5.82 Å². The van der Waals surface area contributed by atoms with Gasteiger partial charge in [0.2, 0.25) is 0 Å². The van der Waals surface area contributed by atoms with Crippen molar-refractivity contribution in [2.45, 2.75) is 39.3 Å². The van der Waals surface area contributed by atoms with E-state index in [4.69, 9.17) is 4.74 Å². The topological polar surface area (TPSA) is 101 Å². The molecule has 9 nitrogen and oxygen atoms in total. The Morgan fingerprint density at radius 1 is 1.22 bits per heavy atom. The molecule has 2 amide bonds. The summed E-state index contributed by atoms with van der Waals surface area (Å²) in [4.78, 5) is 30.5. The summed E-state index contributed by atoms with van der Waals surface area (Å²) in [6.45, 7) is 7.07. The Labute approximate surface area is 190 Å². The van der Waals surface area contributed by atoms with Crippen LogP contribution in [0.3, 0.4) is 0 Å². The predicted octanol–water partition coefficient (Wildman–Crippen LogP) is 3.79. The van der Waals surface area contributed by atoms with Crippen LogP contribution in [0.4, 0.5) is 22.1 Å². The standard InChI is InChI=1S/C22H26N6O3S/c1-22(2,3)31-20(29)12-18-24-16(13-32-18)14-6-5-7-15(10-14)27-8-9-28-19(27)11-17(26-28)25-21(30)23-4/h5-7,10-11,13H,8-9,12H2,1-4H3,(H2,23,25,26,30). The summed E-state index contributed by atoms with van der Waals surface area (Å²) in [6.07, 6.45) is 0.161. The van der Waals surface area contributed by atoms with Crippen LogP contribution in [0.25, 0.3) is 11.3 Å². The van der Waals surface area contributed by atoms with Crippen LogP contribution in [0, 0.1) is 0 Å². The molecule has 4 rings (SSSR count). The van der Waals surface area contributed by atoms with E-state index in [-0.39, 0.29) is 18.4 Å². The second-order valence-electron chi connectivity index (χ2n) is 8.41. The molecule has 0 aliphatic carbocycles. The van der Waals surface area contributed by atoms with E-state index in [1.807, 2.05) is 55.1 Å². The maximum atomic E-state index is 12.1. The van der Waals surface area contributed by atoms with Crippen LogP contribution in [-0.2, 0) is 22.5 Å². The third kappa shape index (κ3) is 4.91. The van der Waals surface area contributed by atoms with E-state index < -0.39 is 5.60 Å². The number of nitrogens with zero attached hydrogens (tertiary/aromatic N) is 4. The number of carbonyl (C=O) groups is 2. The molecule has 0 saturated carbocycles. The number of rotatable bonds is 5. The van der Waals surface area contributed by atoms with Gasteiger partial charge in [0.25, 0.3) is 0 Å². The molecule has 168 valence electrons. The van der Waals surface area contributed by atoms with Gasteiger partial charge in [-0.15, -0.1) is 11.3 Å². The Balaban J connectivity index is 1.51. The van der Waals surface area contributed by atoms with Crippen molar-refractivity contribution < 1.29 is 14.3 Å². The molecule has 1 aromatic carbocycles. The minimum Gasteiger partial charge on any atom is -0.460 e. The van der Waals surface area contributed by atoms with Crippen molar-refractivity contribution in [3.63, 3.8) is 0 Å². The Morgan fingerprint density at radius 2 is 2.03 bits per heavy atom. The second-order valence-corrected chi connectivity index (χ2v) is 9.35. The Bertz CT molecular complexity index is 1150. The zero-order valence-electron chi connectivity index (χ0n) is 18.5. The first-order valence-electron chi connectivity index (χ1n) is 10.3. The van der Waals surface area contributed by atoms with Crippen molar-refractivity contribution in [3.8, 4) is 11.3 Å². The number of esters is 1. The number of hydrogen-bond acceptors (Lipinski definition) is 7. The van der Waals surface area contributed by atoms with E-state index in [1.165, 1.54) is 11.3 Å². The van der Waals surface area contributed by atoms with Gasteiger partial charge < -0.3 is 15.0 Å². The van der Waals surface area contributed by atoms with Gasteiger partial charge >= 0.3 is 12.0 Å². The summed E-state index contributed by atoms with van der Waals surface area (Å²) < 4.78 is 7.27. The van der Waals surface area contributed by atoms with Gasteiger partial charge in [0.05, 0.1) is 18.7 Å². The molecule has 0 saturated heterocycles. The number of aromatic nitrogens is 3. The quantitative estimate of drug-likeness (QED) is 0.569. The number of urea groups is 1. The lowest BCUT2D eigenvalue weighted by molar-refractivity contribution is -0.153. The minimum absolute atomic E-state index is 0.161. The lowest BCUT2D eigenvalue weighted by Crippen LogP contribution is -2.24. The maximum absolute atomic E-state index is 12.1. The van der Waals surface area contributed by atoms with Crippen LogP contribution >= 0.6 is 11.3 Å². The molecule has 2 N–H and O–H groups in total. The predicted molar refractivity (Wildman–Crippen MR) is 124 cm³/mol. The lowest BCUT2D eigenvalue weighted by atomic mass is 10.1. The first-order chi connectivity index (χ1) is 15.2. The van der Waals surface area contributed by atoms with Gasteiger partial charge in [-0.2, -0.15) is 5.10 Å². The highest BCUT2D eigenvalue weighted by Gasteiger charge is 2.24. The van der Waals surface area contributed by atoms with Crippen molar-refractivity contribution >= 4 is 40.7 Å². The van der Waals surface area contributed by atoms with Crippen LogP contribution in [0.5, 0.6) is 0 Å². The number of benzene rings is 1. The third-order valence-corrected chi connectivity index (χ3v) is 5.61. The molecular weight excluding hydrogens is 428 g/mol. The number of ether oxygens (including phenoxy) is 1. The number of anilines is 3. The number of fused-ring (bicyclic) bond motifs is 1. The first kappa shape index (κ1) is 21.8. The minimum atomic E-state index is -0.510.